The highest BCUT2D eigenvalue weighted by atomic mass is 32.1. The quantitative estimate of drug-likeness (QED) is 0.755. The molecule has 1 aliphatic heterocycles. The number of ether oxygens (including phenoxy) is 1. The first-order valence-corrected chi connectivity index (χ1v) is 7.33. The molecule has 96 valence electrons. The van der Waals surface area contributed by atoms with Crippen LogP contribution in [0.15, 0.2) is 5.38 Å². The summed E-state index contributed by atoms with van der Waals surface area (Å²) in [6.07, 6.45) is 5.14. The largest absolute Gasteiger partial charge is 0.385 e. The molecule has 0 spiro atoms. The summed E-state index contributed by atoms with van der Waals surface area (Å²) in [5, 5.41) is 3.35. The van der Waals surface area contributed by atoms with Crippen LogP contribution in [0.25, 0.3) is 0 Å². The normalized spacial score (nSPS) is 20.8. The van der Waals surface area contributed by atoms with E-state index in [1.165, 1.54) is 43.9 Å². The van der Waals surface area contributed by atoms with Crippen molar-refractivity contribution in [1.29, 1.82) is 0 Å². The minimum absolute atomic E-state index is 0.822. The van der Waals surface area contributed by atoms with Crippen LogP contribution in [0.5, 0.6) is 0 Å². The average Bonchev–Trinajstić information content (AvgIpc) is 2.77. The molecule has 1 aromatic heterocycles. The van der Waals surface area contributed by atoms with Gasteiger partial charge in [0.15, 0.2) is 5.13 Å². The van der Waals surface area contributed by atoms with Crippen LogP contribution in [0, 0.1) is 12.8 Å². The number of aromatic nitrogens is 1. The molecule has 0 radical (unpaired) electrons. The molecule has 0 N–H and O–H groups in total. The fraction of sp³-hybridized carbons (Fsp3) is 0.769. The minimum atomic E-state index is 0.822. The molecule has 0 saturated carbocycles. The SMILES string of the molecule is COCCC[C@@H]1CCCN(c2nc(C)cs2)C1. The molecule has 1 saturated heterocycles. The fourth-order valence-corrected chi connectivity index (χ4v) is 3.32. The molecule has 0 aliphatic carbocycles. The van der Waals surface area contributed by atoms with Gasteiger partial charge in [0.1, 0.15) is 0 Å². The van der Waals surface area contributed by atoms with Gasteiger partial charge in [-0.1, -0.05) is 0 Å². The first-order valence-electron chi connectivity index (χ1n) is 6.45. The molecule has 0 aromatic carbocycles. The number of methoxy groups -OCH3 is 1. The first kappa shape index (κ1) is 12.8. The predicted octanol–water partition coefficient (Wildman–Crippen LogP) is 3.09. The highest BCUT2D eigenvalue weighted by molar-refractivity contribution is 7.13. The second-order valence-corrected chi connectivity index (χ2v) is 5.70. The smallest absolute Gasteiger partial charge is 0.185 e. The van der Waals surface area contributed by atoms with Crippen molar-refractivity contribution in [2.24, 2.45) is 5.92 Å². The molecule has 2 heterocycles. The average molecular weight is 254 g/mol. The second kappa shape index (κ2) is 6.36. The van der Waals surface area contributed by atoms with Crippen molar-refractivity contribution in [3.05, 3.63) is 11.1 Å². The van der Waals surface area contributed by atoms with Crippen molar-refractivity contribution in [2.75, 3.05) is 31.7 Å². The molecular weight excluding hydrogens is 232 g/mol. The molecule has 1 aliphatic rings. The van der Waals surface area contributed by atoms with E-state index >= 15 is 0 Å². The Morgan fingerprint density at radius 2 is 2.47 bits per heavy atom. The van der Waals surface area contributed by atoms with Crippen molar-refractivity contribution >= 4 is 16.5 Å². The number of piperidine rings is 1. The molecule has 17 heavy (non-hydrogen) atoms. The van der Waals surface area contributed by atoms with E-state index in [0.29, 0.717) is 0 Å². The number of nitrogens with zero attached hydrogens (tertiary/aromatic N) is 2. The lowest BCUT2D eigenvalue weighted by Gasteiger charge is -2.32. The molecule has 1 aromatic rings. The van der Waals surface area contributed by atoms with Gasteiger partial charge in [0, 0.05) is 32.2 Å². The molecule has 0 unspecified atom stereocenters. The van der Waals surface area contributed by atoms with Gasteiger partial charge < -0.3 is 9.64 Å². The number of rotatable bonds is 5. The molecular formula is C13H22N2OS. The summed E-state index contributed by atoms with van der Waals surface area (Å²) < 4.78 is 5.12. The third-order valence-corrected chi connectivity index (χ3v) is 4.38. The lowest BCUT2D eigenvalue weighted by Crippen LogP contribution is -2.35. The maximum Gasteiger partial charge on any atom is 0.185 e. The van der Waals surface area contributed by atoms with Crippen molar-refractivity contribution < 1.29 is 4.74 Å². The van der Waals surface area contributed by atoms with E-state index in [1.807, 2.05) is 0 Å². The molecule has 3 nitrogen and oxygen atoms in total. The minimum Gasteiger partial charge on any atom is -0.385 e. The van der Waals surface area contributed by atoms with Gasteiger partial charge in [-0.3, -0.25) is 0 Å². The Kier molecular flexibility index (Phi) is 4.80. The lowest BCUT2D eigenvalue weighted by molar-refractivity contribution is 0.184. The summed E-state index contributed by atoms with van der Waals surface area (Å²) in [5.74, 6) is 0.822. The predicted molar refractivity (Wildman–Crippen MR) is 72.9 cm³/mol. The van der Waals surface area contributed by atoms with Crippen LogP contribution in [-0.2, 0) is 4.74 Å². The Balaban J connectivity index is 1.84. The second-order valence-electron chi connectivity index (χ2n) is 4.86. The van der Waals surface area contributed by atoms with E-state index in [-0.39, 0.29) is 0 Å². The number of anilines is 1. The van der Waals surface area contributed by atoms with Crippen LogP contribution in [0.1, 0.15) is 31.4 Å². The van der Waals surface area contributed by atoms with Gasteiger partial charge in [-0.05, 0) is 38.5 Å². The summed E-state index contributed by atoms with van der Waals surface area (Å²) in [5.41, 5.74) is 1.14. The highest BCUT2D eigenvalue weighted by Crippen LogP contribution is 2.27. The number of thiazole rings is 1. The Labute approximate surface area is 108 Å². The topological polar surface area (TPSA) is 25.4 Å². The zero-order valence-corrected chi connectivity index (χ0v) is 11.6. The molecule has 0 amide bonds. The van der Waals surface area contributed by atoms with E-state index in [1.54, 1.807) is 18.4 Å². The molecule has 4 heteroatoms. The monoisotopic (exact) mass is 254 g/mol. The fourth-order valence-electron chi connectivity index (χ4n) is 2.48. The summed E-state index contributed by atoms with van der Waals surface area (Å²) in [6, 6.07) is 0. The Hall–Kier alpha value is -0.610. The van der Waals surface area contributed by atoms with Crippen molar-refractivity contribution in [3.63, 3.8) is 0 Å². The van der Waals surface area contributed by atoms with E-state index < -0.39 is 0 Å². The zero-order valence-electron chi connectivity index (χ0n) is 10.8. The van der Waals surface area contributed by atoms with Crippen molar-refractivity contribution in [2.45, 2.75) is 32.6 Å². The number of hydrogen-bond acceptors (Lipinski definition) is 4. The van der Waals surface area contributed by atoms with Gasteiger partial charge in [-0.25, -0.2) is 4.98 Å². The van der Waals surface area contributed by atoms with E-state index in [4.69, 9.17) is 4.74 Å². The summed E-state index contributed by atoms with van der Waals surface area (Å²) in [7, 11) is 1.78. The molecule has 2 rings (SSSR count). The third-order valence-electron chi connectivity index (χ3n) is 3.36. The van der Waals surface area contributed by atoms with Crippen LogP contribution in [0.2, 0.25) is 0 Å². The summed E-state index contributed by atoms with van der Waals surface area (Å²) in [6.45, 7) is 5.32. The van der Waals surface area contributed by atoms with Gasteiger partial charge in [-0.15, -0.1) is 11.3 Å². The third kappa shape index (κ3) is 3.68. The lowest BCUT2D eigenvalue weighted by atomic mass is 9.94. The van der Waals surface area contributed by atoms with Crippen LogP contribution in [0.4, 0.5) is 5.13 Å². The van der Waals surface area contributed by atoms with Crippen molar-refractivity contribution in [3.8, 4) is 0 Å². The van der Waals surface area contributed by atoms with Crippen LogP contribution < -0.4 is 4.90 Å². The standard InChI is InChI=1S/C13H22N2OS/c1-11-10-17-13(14-11)15-7-3-5-12(9-15)6-4-8-16-2/h10,12H,3-9H2,1-2H3/t12-/m0/s1. The maximum atomic E-state index is 5.12. The van der Waals surface area contributed by atoms with Gasteiger partial charge in [0.25, 0.3) is 0 Å². The summed E-state index contributed by atoms with van der Waals surface area (Å²) in [4.78, 5) is 7.04. The molecule has 1 fully saturated rings. The van der Waals surface area contributed by atoms with Crippen LogP contribution >= 0.6 is 11.3 Å². The van der Waals surface area contributed by atoms with E-state index in [2.05, 4.69) is 22.2 Å². The molecule has 1 atom stereocenters. The van der Waals surface area contributed by atoms with E-state index in [9.17, 15) is 0 Å². The van der Waals surface area contributed by atoms with Gasteiger partial charge >= 0.3 is 0 Å². The Bertz CT molecular complexity index is 340. The van der Waals surface area contributed by atoms with Crippen molar-refractivity contribution in [1.82, 2.24) is 4.98 Å². The van der Waals surface area contributed by atoms with Gasteiger partial charge in [0.05, 0.1) is 5.69 Å². The van der Waals surface area contributed by atoms with Crippen LogP contribution in [-0.4, -0.2) is 31.8 Å². The summed E-state index contributed by atoms with van der Waals surface area (Å²) >= 11 is 1.78. The van der Waals surface area contributed by atoms with Gasteiger partial charge in [-0.2, -0.15) is 0 Å². The number of aryl methyl sites for hydroxylation is 1. The first-order chi connectivity index (χ1) is 8.29. The molecule has 0 bridgehead atoms. The van der Waals surface area contributed by atoms with Crippen LogP contribution in [0.3, 0.4) is 0 Å². The zero-order chi connectivity index (χ0) is 12.1. The maximum absolute atomic E-state index is 5.12. The number of hydrogen-bond donors (Lipinski definition) is 0. The highest BCUT2D eigenvalue weighted by Gasteiger charge is 2.21. The van der Waals surface area contributed by atoms with Gasteiger partial charge in [0.2, 0.25) is 0 Å². The Morgan fingerprint density at radius 3 is 3.18 bits per heavy atom. The Morgan fingerprint density at radius 1 is 1.59 bits per heavy atom. The van der Waals surface area contributed by atoms with E-state index in [0.717, 1.165) is 18.2 Å².